The number of nitrogens with two attached hydrogens (primary N) is 1. The number of hydrogen-bond acceptors (Lipinski definition) is 3. The average molecular weight is 420 g/mol. The molecule has 0 aromatic heterocycles. The Kier molecular flexibility index (Phi) is 8.51. The molecule has 27 heavy (non-hydrogen) atoms. The number of amides is 2. The molecule has 1 aliphatic heterocycles. The first-order valence-corrected chi connectivity index (χ1v) is 9.24. The Labute approximate surface area is 171 Å². The molecule has 0 radical (unpaired) electrons. The summed E-state index contributed by atoms with van der Waals surface area (Å²) >= 11 is 6.15. The summed E-state index contributed by atoms with van der Waals surface area (Å²) in [6.07, 6.45) is 2.35. The van der Waals surface area contributed by atoms with Crippen molar-refractivity contribution in [3.63, 3.8) is 0 Å². The summed E-state index contributed by atoms with van der Waals surface area (Å²) in [5.41, 5.74) is 5.90. The number of carbonyl (C=O) groups excluding carboxylic acids is 2. The Hall–Kier alpha value is -1.37. The van der Waals surface area contributed by atoms with Gasteiger partial charge in [0, 0.05) is 16.1 Å². The van der Waals surface area contributed by atoms with Gasteiger partial charge >= 0.3 is 0 Å². The van der Waals surface area contributed by atoms with Gasteiger partial charge in [0.25, 0.3) is 0 Å². The minimum Gasteiger partial charge on any atom is -0.366 e. The van der Waals surface area contributed by atoms with Gasteiger partial charge in [-0.3, -0.25) is 14.5 Å². The largest absolute Gasteiger partial charge is 0.366 e. The summed E-state index contributed by atoms with van der Waals surface area (Å²) in [7, 11) is 0. The minimum atomic E-state index is -0.669. The molecule has 5 nitrogen and oxygen atoms in total. The summed E-state index contributed by atoms with van der Waals surface area (Å²) in [6.45, 7) is 7.85. The van der Waals surface area contributed by atoms with Crippen molar-refractivity contribution < 1.29 is 14.0 Å². The van der Waals surface area contributed by atoms with E-state index in [1.807, 2.05) is 20.8 Å². The van der Waals surface area contributed by atoms with Crippen molar-refractivity contribution in [2.24, 2.45) is 11.7 Å². The van der Waals surface area contributed by atoms with E-state index in [1.165, 1.54) is 6.07 Å². The van der Waals surface area contributed by atoms with Crippen LogP contribution in [0.15, 0.2) is 12.1 Å². The maximum atomic E-state index is 13.5. The predicted molar refractivity (Wildman–Crippen MR) is 108 cm³/mol. The van der Waals surface area contributed by atoms with Gasteiger partial charge in [-0.25, -0.2) is 4.39 Å². The first kappa shape index (κ1) is 23.7. The molecular formula is C19H28Cl2FN3O2. The van der Waals surface area contributed by atoms with E-state index < -0.39 is 11.7 Å². The van der Waals surface area contributed by atoms with Gasteiger partial charge in [0.15, 0.2) is 0 Å². The molecule has 1 aromatic carbocycles. The molecule has 2 amide bonds. The van der Waals surface area contributed by atoms with Crippen molar-refractivity contribution in [3.05, 3.63) is 34.1 Å². The molecule has 1 aromatic rings. The van der Waals surface area contributed by atoms with Crippen molar-refractivity contribution in [2.45, 2.75) is 45.6 Å². The topological polar surface area (TPSA) is 75.4 Å². The summed E-state index contributed by atoms with van der Waals surface area (Å²) < 4.78 is 13.5. The van der Waals surface area contributed by atoms with E-state index in [9.17, 15) is 14.0 Å². The van der Waals surface area contributed by atoms with Gasteiger partial charge in [-0.2, -0.15) is 0 Å². The molecule has 0 aliphatic carbocycles. The number of halogens is 3. The summed E-state index contributed by atoms with van der Waals surface area (Å²) in [6, 6.07) is 2.37. The van der Waals surface area contributed by atoms with Gasteiger partial charge in [0.05, 0.1) is 6.54 Å². The average Bonchev–Trinajstić information content (AvgIpc) is 2.49. The maximum Gasteiger partial charge on any atom is 0.249 e. The second kappa shape index (κ2) is 9.71. The van der Waals surface area contributed by atoms with Crippen LogP contribution in [0, 0.1) is 11.7 Å². The fourth-order valence-corrected chi connectivity index (χ4v) is 3.61. The van der Waals surface area contributed by atoms with Crippen molar-refractivity contribution in [1.82, 2.24) is 10.2 Å². The quantitative estimate of drug-likeness (QED) is 0.769. The number of primary amides is 1. The number of nitrogens with one attached hydrogen (secondary N) is 1. The first-order chi connectivity index (χ1) is 12.0. The predicted octanol–water partition coefficient (Wildman–Crippen LogP) is 3.17. The number of nitrogens with zero attached hydrogens (tertiary/aromatic N) is 1. The Bertz CT molecular complexity index is 684. The van der Waals surface area contributed by atoms with Gasteiger partial charge in [-0.15, -0.1) is 12.4 Å². The fraction of sp³-hybridized carbons (Fsp3) is 0.579. The van der Waals surface area contributed by atoms with Crippen LogP contribution in [0.3, 0.4) is 0 Å². The monoisotopic (exact) mass is 419 g/mol. The molecule has 1 fully saturated rings. The van der Waals surface area contributed by atoms with Crippen LogP contribution in [0.25, 0.3) is 0 Å². The Morgan fingerprint density at radius 1 is 1.30 bits per heavy atom. The fourth-order valence-electron chi connectivity index (χ4n) is 3.33. The van der Waals surface area contributed by atoms with E-state index in [0.717, 1.165) is 32.0 Å². The molecule has 1 saturated heterocycles. The molecule has 1 heterocycles. The van der Waals surface area contributed by atoms with Gasteiger partial charge in [0.2, 0.25) is 11.8 Å². The van der Waals surface area contributed by atoms with Crippen LogP contribution in [-0.2, 0) is 11.2 Å². The van der Waals surface area contributed by atoms with Crippen LogP contribution >= 0.6 is 24.0 Å². The SMILES string of the molecule is CC(C)(C)NC(=O)CN1CCC(Cc2c(Cl)cc(F)cc2C(N)=O)CC1.Cl. The van der Waals surface area contributed by atoms with E-state index in [4.69, 9.17) is 17.3 Å². The molecule has 0 saturated carbocycles. The molecule has 8 heteroatoms. The van der Waals surface area contributed by atoms with Gasteiger partial charge in [0.1, 0.15) is 5.82 Å². The van der Waals surface area contributed by atoms with Crippen molar-refractivity contribution in [2.75, 3.05) is 19.6 Å². The Morgan fingerprint density at radius 2 is 1.89 bits per heavy atom. The number of likely N-dealkylation sites (tertiary alicyclic amines) is 1. The standard InChI is InChI=1S/C19H27ClFN3O2.ClH/c1-19(2,3)23-17(25)11-24-6-4-12(5-7-24)8-14-15(18(22)26)9-13(21)10-16(14)20;/h9-10,12H,4-8,11H2,1-3H3,(H2,22,26)(H,23,25);1H. The highest BCUT2D eigenvalue weighted by molar-refractivity contribution is 6.31. The van der Waals surface area contributed by atoms with Crippen LogP contribution in [0.1, 0.15) is 49.5 Å². The van der Waals surface area contributed by atoms with E-state index >= 15 is 0 Å². The maximum absolute atomic E-state index is 13.5. The van der Waals surface area contributed by atoms with Crippen LogP contribution in [0.5, 0.6) is 0 Å². The normalized spacial score (nSPS) is 15.9. The van der Waals surface area contributed by atoms with E-state index in [-0.39, 0.29) is 34.4 Å². The third-order valence-electron chi connectivity index (χ3n) is 4.51. The minimum absolute atomic E-state index is 0. The highest BCUT2D eigenvalue weighted by atomic mass is 35.5. The molecule has 3 N–H and O–H groups in total. The molecule has 2 rings (SSSR count). The number of carbonyl (C=O) groups is 2. The van der Waals surface area contributed by atoms with E-state index in [1.54, 1.807) is 0 Å². The highest BCUT2D eigenvalue weighted by Gasteiger charge is 2.25. The zero-order chi connectivity index (χ0) is 19.5. The zero-order valence-corrected chi connectivity index (χ0v) is 17.6. The lowest BCUT2D eigenvalue weighted by molar-refractivity contribution is -0.124. The van der Waals surface area contributed by atoms with Crippen LogP contribution in [0.4, 0.5) is 4.39 Å². The molecule has 0 bridgehead atoms. The lowest BCUT2D eigenvalue weighted by Crippen LogP contribution is -2.47. The second-order valence-corrected chi connectivity index (χ2v) is 8.41. The van der Waals surface area contributed by atoms with Crippen LogP contribution < -0.4 is 11.1 Å². The molecule has 0 unspecified atom stereocenters. The van der Waals surface area contributed by atoms with Crippen molar-refractivity contribution in [3.8, 4) is 0 Å². The number of hydrogen-bond donors (Lipinski definition) is 2. The molecule has 0 atom stereocenters. The van der Waals surface area contributed by atoms with Crippen molar-refractivity contribution in [1.29, 1.82) is 0 Å². The third kappa shape index (κ3) is 7.28. The van der Waals surface area contributed by atoms with E-state index in [0.29, 0.717) is 24.4 Å². The molecule has 152 valence electrons. The Morgan fingerprint density at radius 3 is 2.41 bits per heavy atom. The Balaban J connectivity index is 0.00000364. The second-order valence-electron chi connectivity index (χ2n) is 8.00. The highest BCUT2D eigenvalue weighted by Crippen LogP contribution is 2.29. The lowest BCUT2D eigenvalue weighted by atomic mass is 9.88. The van der Waals surface area contributed by atoms with E-state index in [2.05, 4.69) is 10.2 Å². The number of piperidine rings is 1. The zero-order valence-electron chi connectivity index (χ0n) is 16.0. The lowest BCUT2D eigenvalue weighted by Gasteiger charge is -2.32. The molecule has 0 spiro atoms. The smallest absolute Gasteiger partial charge is 0.249 e. The van der Waals surface area contributed by atoms with Gasteiger partial charge < -0.3 is 11.1 Å². The van der Waals surface area contributed by atoms with Gasteiger partial charge in [-0.1, -0.05) is 11.6 Å². The summed E-state index contributed by atoms with van der Waals surface area (Å²) in [5, 5.41) is 3.21. The van der Waals surface area contributed by atoms with Crippen LogP contribution in [-0.4, -0.2) is 41.9 Å². The summed E-state index contributed by atoms with van der Waals surface area (Å²) in [5.74, 6) is -0.892. The number of rotatable bonds is 5. The van der Waals surface area contributed by atoms with Crippen LogP contribution in [0.2, 0.25) is 5.02 Å². The molecular weight excluding hydrogens is 392 g/mol. The number of benzene rings is 1. The van der Waals surface area contributed by atoms with Crippen molar-refractivity contribution >= 4 is 35.8 Å². The first-order valence-electron chi connectivity index (χ1n) is 8.86. The van der Waals surface area contributed by atoms with Gasteiger partial charge in [-0.05, 0) is 76.7 Å². The molecule has 1 aliphatic rings. The summed E-state index contributed by atoms with van der Waals surface area (Å²) in [4.78, 5) is 25.8. The third-order valence-corrected chi connectivity index (χ3v) is 4.84.